The molecule has 6 nitrogen and oxygen atoms in total. The van der Waals surface area contributed by atoms with Gasteiger partial charge in [-0.3, -0.25) is 9.59 Å². The van der Waals surface area contributed by atoms with E-state index in [2.05, 4.69) is 5.32 Å². The van der Waals surface area contributed by atoms with E-state index in [9.17, 15) is 9.59 Å². The van der Waals surface area contributed by atoms with E-state index in [1.807, 2.05) is 18.7 Å². The molecule has 3 rings (SSSR count). The van der Waals surface area contributed by atoms with E-state index in [0.29, 0.717) is 0 Å². The molecule has 130 valence electrons. The van der Waals surface area contributed by atoms with E-state index >= 15 is 0 Å². The second-order valence-electron chi connectivity index (χ2n) is 7.75. The van der Waals surface area contributed by atoms with Gasteiger partial charge in [-0.25, -0.2) is 0 Å². The van der Waals surface area contributed by atoms with Crippen LogP contribution in [0.25, 0.3) is 0 Å². The number of carbonyl (C=O) groups excluding carboxylic acids is 2. The summed E-state index contributed by atoms with van der Waals surface area (Å²) in [4.78, 5) is 26.8. The first kappa shape index (κ1) is 16.7. The maximum absolute atomic E-state index is 12.7. The Morgan fingerprint density at radius 3 is 2.61 bits per heavy atom. The molecule has 3 aliphatic rings. The lowest BCUT2D eigenvalue weighted by molar-refractivity contribution is -0.225. The molecule has 2 aliphatic heterocycles. The van der Waals surface area contributed by atoms with E-state index in [4.69, 9.17) is 10.5 Å². The third kappa shape index (κ3) is 2.56. The van der Waals surface area contributed by atoms with Crippen molar-refractivity contribution < 1.29 is 14.3 Å². The lowest BCUT2D eigenvalue weighted by Crippen LogP contribution is -2.82. The van der Waals surface area contributed by atoms with E-state index < -0.39 is 11.0 Å². The molecule has 23 heavy (non-hydrogen) atoms. The Labute approximate surface area is 138 Å². The number of carbonyl (C=O) groups is 2. The number of rotatable bonds is 3. The van der Waals surface area contributed by atoms with Crippen LogP contribution in [0.2, 0.25) is 0 Å². The Morgan fingerprint density at radius 1 is 1.22 bits per heavy atom. The van der Waals surface area contributed by atoms with E-state index in [0.717, 1.165) is 45.4 Å². The van der Waals surface area contributed by atoms with Gasteiger partial charge in [0.25, 0.3) is 0 Å². The molecule has 0 aromatic carbocycles. The van der Waals surface area contributed by atoms with Crippen molar-refractivity contribution in [2.45, 2.75) is 57.6 Å². The van der Waals surface area contributed by atoms with Crippen LogP contribution in [0.1, 0.15) is 46.0 Å². The fraction of sp³-hybridized carbons (Fsp3) is 0.882. The third-order valence-corrected chi connectivity index (χ3v) is 6.17. The van der Waals surface area contributed by atoms with Crippen LogP contribution in [0.5, 0.6) is 0 Å². The van der Waals surface area contributed by atoms with Gasteiger partial charge >= 0.3 is 0 Å². The zero-order valence-corrected chi connectivity index (χ0v) is 14.3. The van der Waals surface area contributed by atoms with Gasteiger partial charge in [-0.15, -0.1) is 0 Å². The Bertz CT molecular complexity index is 487. The van der Waals surface area contributed by atoms with Gasteiger partial charge in [0.2, 0.25) is 11.8 Å². The number of fused-ring (bicyclic) bond motifs is 1. The zero-order valence-electron chi connectivity index (χ0n) is 14.3. The highest BCUT2D eigenvalue weighted by Gasteiger charge is 2.70. The predicted molar refractivity (Wildman–Crippen MR) is 86.6 cm³/mol. The average Bonchev–Trinajstić information content (AvgIpc) is 2.59. The molecule has 3 N–H and O–H groups in total. The third-order valence-electron chi connectivity index (χ3n) is 6.17. The van der Waals surface area contributed by atoms with Gasteiger partial charge in [-0.2, -0.15) is 0 Å². The monoisotopic (exact) mass is 323 g/mol. The van der Waals surface area contributed by atoms with Crippen molar-refractivity contribution in [2.24, 2.45) is 17.1 Å². The Morgan fingerprint density at radius 2 is 1.91 bits per heavy atom. The minimum absolute atomic E-state index is 0.00442. The summed E-state index contributed by atoms with van der Waals surface area (Å²) in [5.41, 5.74) is 5.18. The Balaban J connectivity index is 1.60. The van der Waals surface area contributed by atoms with Crippen LogP contribution in [-0.4, -0.2) is 54.6 Å². The molecule has 3 atom stereocenters. The summed E-state index contributed by atoms with van der Waals surface area (Å²) in [5.74, 6) is -0.161. The number of nitrogens with two attached hydrogens (primary N) is 1. The standard InChI is InChI=1S/C17H29N3O3/c1-16(2)14-12(7-6-10-23-14)17(16,18)15(22)19-11-13(21)20-8-4-3-5-9-20/h12,14H,3-11,18H2,1-2H3,(H,19,22). The molecular weight excluding hydrogens is 294 g/mol. The summed E-state index contributed by atoms with van der Waals surface area (Å²) in [6.07, 6.45) is 5.18. The van der Waals surface area contributed by atoms with Crippen LogP contribution in [-0.2, 0) is 14.3 Å². The first-order valence-corrected chi connectivity index (χ1v) is 8.85. The smallest absolute Gasteiger partial charge is 0.241 e. The molecule has 3 unspecified atom stereocenters. The van der Waals surface area contributed by atoms with E-state index in [1.54, 1.807) is 0 Å². The van der Waals surface area contributed by atoms with Gasteiger partial charge in [0, 0.05) is 31.0 Å². The Hall–Kier alpha value is -1.14. The van der Waals surface area contributed by atoms with Gasteiger partial charge in [-0.05, 0) is 32.1 Å². The van der Waals surface area contributed by atoms with E-state index in [1.165, 1.54) is 6.42 Å². The number of nitrogens with zero attached hydrogens (tertiary/aromatic N) is 1. The van der Waals surface area contributed by atoms with Crippen LogP contribution in [0, 0.1) is 11.3 Å². The van der Waals surface area contributed by atoms with Gasteiger partial charge in [0.1, 0.15) is 5.54 Å². The van der Waals surface area contributed by atoms with Crippen LogP contribution < -0.4 is 11.1 Å². The minimum atomic E-state index is -0.944. The van der Waals surface area contributed by atoms with Crippen LogP contribution >= 0.6 is 0 Å². The number of amides is 2. The van der Waals surface area contributed by atoms with Gasteiger partial charge in [0.15, 0.2) is 0 Å². The summed E-state index contributed by atoms with van der Waals surface area (Å²) in [7, 11) is 0. The summed E-state index contributed by atoms with van der Waals surface area (Å²) >= 11 is 0. The largest absolute Gasteiger partial charge is 0.377 e. The molecule has 1 aliphatic carbocycles. The average molecular weight is 323 g/mol. The summed E-state index contributed by atoms with van der Waals surface area (Å²) < 4.78 is 5.82. The molecule has 0 bridgehead atoms. The Kier molecular flexibility index (Phi) is 4.40. The molecule has 2 amide bonds. The summed E-state index contributed by atoms with van der Waals surface area (Å²) in [5, 5.41) is 2.80. The van der Waals surface area contributed by atoms with Crippen LogP contribution in [0.4, 0.5) is 0 Å². The van der Waals surface area contributed by atoms with Crippen molar-refractivity contribution in [2.75, 3.05) is 26.2 Å². The fourth-order valence-corrected chi connectivity index (χ4v) is 4.59. The van der Waals surface area contributed by atoms with Crippen molar-refractivity contribution in [3.05, 3.63) is 0 Å². The fourth-order valence-electron chi connectivity index (χ4n) is 4.59. The molecule has 3 fully saturated rings. The van der Waals surface area contributed by atoms with Crippen molar-refractivity contribution in [1.29, 1.82) is 0 Å². The number of likely N-dealkylation sites (tertiary alicyclic amines) is 1. The molecule has 1 saturated carbocycles. The van der Waals surface area contributed by atoms with Crippen molar-refractivity contribution in [1.82, 2.24) is 10.2 Å². The molecule has 0 radical (unpaired) electrons. The van der Waals surface area contributed by atoms with Crippen molar-refractivity contribution in [3.8, 4) is 0 Å². The van der Waals surface area contributed by atoms with Gasteiger partial charge in [0.05, 0.1) is 12.6 Å². The summed E-state index contributed by atoms with van der Waals surface area (Å²) in [6, 6.07) is 0. The maximum atomic E-state index is 12.7. The topological polar surface area (TPSA) is 84.7 Å². The van der Waals surface area contributed by atoms with Crippen molar-refractivity contribution in [3.63, 3.8) is 0 Å². The molecule has 0 aromatic rings. The first-order valence-electron chi connectivity index (χ1n) is 8.85. The molecular formula is C17H29N3O3. The molecule has 6 heteroatoms. The molecule has 0 spiro atoms. The van der Waals surface area contributed by atoms with Gasteiger partial charge < -0.3 is 20.7 Å². The highest BCUT2D eigenvalue weighted by molar-refractivity contribution is 5.92. The molecule has 0 aromatic heterocycles. The summed E-state index contributed by atoms with van der Waals surface area (Å²) in [6.45, 7) is 6.37. The molecule has 2 heterocycles. The highest BCUT2D eigenvalue weighted by Crippen LogP contribution is 2.57. The quantitative estimate of drug-likeness (QED) is 0.798. The number of piperidine rings is 1. The van der Waals surface area contributed by atoms with E-state index in [-0.39, 0.29) is 30.4 Å². The first-order chi connectivity index (χ1) is 10.9. The lowest BCUT2D eigenvalue weighted by atomic mass is 9.46. The second-order valence-corrected chi connectivity index (χ2v) is 7.75. The van der Waals surface area contributed by atoms with Crippen molar-refractivity contribution >= 4 is 11.8 Å². The minimum Gasteiger partial charge on any atom is -0.377 e. The number of ether oxygens (including phenoxy) is 1. The van der Waals surface area contributed by atoms with Gasteiger partial charge in [-0.1, -0.05) is 13.8 Å². The lowest BCUT2D eigenvalue weighted by Gasteiger charge is -2.65. The SMILES string of the molecule is CC1(C)C2OCCCC2C1(N)C(=O)NCC(=O)N1CCCCC1. The zero-order chi connectivity index (χ0) is 16.7. The number of hydrogen-bond acceptors (Lipinski definition) is 4. The number of hydrogen-bond donors (Lipinski definition) is 2. The number of nitrogens with one attached hydrogen (secondary N) is 1. The molecule has 2 saturated heterocycles. The maximum Gasteiger partial charge on any atom is 0.241 e. The highest BCUT2D eigenvalue weighted by atomic mass is 16.5. The van der Waals surface area contributed by atoms with Crippen LogP contribution in [0.3, 0.4) is 0 Å². The normalized spacial score (nSPS) is 35.9. The van der Waals surface area contributed by atoms with Crippen LogP contribution in [0.15, 0.2) is 0 Å². The second kappa shape index (κ2) is 6.06. The predicted octanol–water partition coefficient (Wildman–Crippen LogP) is 0.648.